The average molecular weight is 744 g/mol. The van der Waals surface area contributed by atoms with E-state index in [-0.39, 0.29) is 0 Å². The lowest BCUT2D eigenvalue weighted by molar-refractivity contribution is 0.770. The molecule has 0 radical (unpaired) electrons. The van der Waals surface area contributed by atoms with E-state index in [0.717, 1.165) is 17.1 Å². The van der Waals surface area contributed by atoms with Crippen LogP contribution in [0.2, 0.25) is 0 Å². The Hall–Kier alpha value is -7.00. The smallest absolute Gasteiger partial charge is 0.0714 e. The molecule has 2 heteroatoms. The van der Waals surface area contributed by atoms with Crippen LogP contribution in [0, 0.1) is 0 Å². The minimum absolute atomic E-state index is 0.417. The number of rotatable bonds is 7. The maximum atomic E-state index is 2.47. The van der Waals surface area contributed by atoms with Gasteiger partial charge in [0.25, 0.3) is 0 Å². The second-order valence-corrected chi connectivity index (χ2v) is 16.0. The van der Waals surface area contributed by atoms with Crippen LogP contribution in [0.25, 0.3) is 53.6 Å². The van der Waals surface area contributed by atoms with Gasteiger partial charge in [-0.15, -0.1) is 11.3 Å². The first kappa shape index (κ1) is 33.3. The number of benzene rings is 9. The average Bonchev–Trinajstić information content (AvgIpc) is 3.81. The highest BCUT2D eigenvalue weighted by Gasteiger charge is 2.45. The zero-order valence-corrected chi connectivity index (χ0v) is 32.0. The van der Waals surface area contributed by atoms with Gasteiger partial charge >= 0.3 is 0 Å². The lowest BCUT2D eigenvalue weighted by Crippen LogP contribution is -2.28. The summed E-state index contributed by atoms with van der Waals surface area (Å²) >= 11 is 1.88. The molecule has 9 aromatic carbocycles. The number of thiophene rings is 1. The summed E-state index contributed by atoms with van der Waals surface area (Å²) in [5.74, 6) is 0. The Morgan fingerprint density at radius 1 is 0.316 bits per heavy atom. The second-order valence-electron chi connectivity index (χ2n) is 14.9. The van der Waals surface area contributed by atoms with Crippen LogP contribution < -0.4 is 4.90 Å². The van der Waals surface area contributed by atoms with Crippen LogP contribution in [-0.2, 0) is 5.41 Å². The van der Waals surface area contributed by atoms with E-state index in [2.05, 4.69) is 229 Å². The fourth-order valence-electron chi connectivity index (χ4n) is 9.21. The third-order valence-corrected chi connectivity index (χ3v) is 12.9. The first-order valence-corrected chi connectivity index (χ1v) is 20.4. The summed E-state index contributed by atoms with van der Waals surface area (Å²) in [6.07, 6.45) is 0. The first-order valence-electron chi connectivity index (χ1n) is 19.6. The van der Waals surface area contributed by atoms with Crippen molar-refractivity contribution >= 4 is 48.6 Å². The molecule has 0 bridgehead atoms. The summed E-state index contributed by atoms with van der Waals surface area (Å²) in [4.78, 5) is 2.39. The highest BCUT2D eigenvalue weighted by atomic mass is 32.1. The van der Waals surface area contributed by atoms with Crippen LogP contribution in [0.5, 0.6) is 0 Å². The van der Waals surface area contributed by atoms with Crippen molar-refractivity contribution in [3.63, 3.8) is 0 Å². The molecule has 0 fully saturated rings. The standard InChI is InChI=1S/C55H37NS/c1-4-16-38(17-5-1)39-18-14-19-40(34-39)41-20-15-25-45(35-41)56(44-23-8-3-9-24-44)46-31-33-53-50(37-46)49-32-30-43(36-54(49)57-53)55(42-21-6-2-7-22-42)51-28-12-10-26-47(51)48-27-11-13-29-52(48)55/h1-37H. The molecular formula is C55H37NS. The Kier molecular flexibility index (Phi) is 7.98. The van der Waals surface area contributed by atoms with E-state index in [1.807, 2.05) is 11.3 Å². The molecular weight excluding hydrogens is 707 g/mol. The predicted molar refractivity (Wildman–Crippen MR) is 242 cm³/mol. The fraction of sp³-hybridized carbons (Fsp3) is 0.0182. The third kappa shape index (κ3) is 5.44. The molecule has 0 saturated carbocycles. The van der Waals surface area contributed by atoms with Crippen molar-refractivity contribution in [2.45, 2.75) is 5.41 Å². The van der Waals surface area contributed by atoms with Crippen molar-refractivity contribution in [1.29, 1.82) is 0 Å². The van der Waals surface area contributed by atoms with Gasteiger partial charge in [0.15, 0.2) is 0 Å². The SMILES string of the molecule is c1ccc(-c2cccc(-c3cccc(N(c4ccccc4)c4ccc5sc6cc(C7(c8ccccc8)c8ccccc8-c8ccccc87)ccc6c5c4)c3)c2)cc1. The van der Waals surface area contributed by atoms with E-state index in [1.54, 1.807) is 0 Å². The summed E-state index contributed by atoms with van der Waals surface area (Å²) in [5.41, 5.74) is 15.7. The van der Waals surface area contributed by atoms with Crippen LogP contribution in [0.3, 0.4) is 0 Å². The van der Waals surface area contributed by atoms with Gasteiger partial charge in [-0.25, -0.2) is 0 Å². The van der Waals surface area contributed by atoms with Crippen molar-refractivity contribution < 1.29 is 0 Å². The summed E-state index contributed by atoms with van der Waals surface area (Å²) in [7, 11) is 0. The van der Waals surface area contributed by atoms with E-state index in [4.69, 9.17) is 0 Å². The molecule has 0 saturated heterocycles. The van der Waals surface area contributed by atoms with E-state index < -0.39 is 5.41 Å². The zero-order chi connectivity index (χ0) is 37.8. The maximum absolute atomic E-state index is 2.47. The maximum Gasteiger partial charge on any atom is 0.0714 e. The Morgan fingerprint density at radius 3 is 1.58 bits per heavy atom. The number of nitrogens with zero attached hydrogens (tertiary/aromatic N) is 1. The number of fused-ring (bicyclic) bond motifs is 6. The second kappa shape index (κ2) is 13.6. The molecule has 57 heavy (non-hydrogen) atoms. The lowest BCUT2D eigenvalue weighted by atomic mass is 9.67. The van der Waals surface area contributed by atoms with Crippen molar-refractivity contribution in [3.8, 4) is 33.4 Å². The number of hydrogen-bond donors (Lipinski definition) is 0. The Morgan fingerprint density at radius 2 is 0.860 bits per heavy atom. The third-order valence-electron chi connectivity index (χ3n) is 11.7. The van der Waals surface area contributed by atoms with E-state index >= 15 is 0 Å². The minimum atomic E-state index is -0.417. The van der Waals surface area contributed by atoms with E-state index in [1.165, 1.54) is 75.8 Å². The lowest BCUT2D eigenvalue weighted by Gasteiger charge is -2.33. The van der Waals surface area contributed by atoms with Gasteiger partial charge in [-0.1, -0.05) is 170 Å². The molecule has 1 nitrogen and oxygen atoms in total. The molecule has 0 N–H and O–H groups in total. The Balaban J connectivity index is 1.05. The monoisotopic (exact) mass is 743 g/mol. The molecule has 10 aromatic rings. The van der Waals surface area contributed by atoms with Crippen LogP contribution in [0.4, 0.5) is 17.1 Å². The molecule has 0 spiro atoms. The molecule has 0 unspecified atom stereocenters. The van der Waals surface area contributed by atoms with Gasteiger partial charge in [-0.05, 0) is 110 Å². The van der Waals surface area contributed by atoms with Gasteiger partial charge in [0.1, 0.15) is 0 Å². The van der Waals surface area contributed by atoms with Crippen molar-refractivity contribution in [3.05, 3.63) is 247 Å². The Bertz CT molecular complexity index is 3030. The number of anilines is 3. The molecule has 1 heterocycles. The van der Waals surface area contributed by atoms with Crippen LogP contribution in [0.1, 0.15) is 22.3 Å². The highest BCUT2D eigenvalue weighted by molar-refractivity contribution is 7.25. The van der Waals surface area contributed by atoms with Crippen LogP contribution >= 0.6 is 11.3 Å². The van der Waals surface area contributed by atoms with Gasteiger partial charge in [0.05, 0.1) is 5.41 Å². The van der Waals surface area contributed by atoms with Crippen LogP contribution in [-0.4, -0.2) is 0 Å². The summed E-state index contributed by atoms with van der Waals surface area (Å²) in [6.45, 7) is 0. The summed E-state index contributed by atoms with van der Waals surface area (Å²) < 4.78 is 2.58. The molecule has 0 aliphatic heterocycles. The van der Waals surface area contributed by atoms with Gasteiger partial charge in [0, 0.05) is 37.2 Å². The summed E-state index contributed by atoms with van der Waals surface area (Å²) in [6, 6.07) is 82.4. The van der Waals surface area contributed by atoms with E-state index in [0.29, 0.717) is 0 Å². The van der Waals surface area contributed by atoms with Gasteiger partial charge in [0.2, 0.25) is 0 Å². The zero-order valence-electron chi connectivity index (χ0n) is 31.2. The van der Waals surface area contributed by atoms with Gasteiger partial charge < -0.3 is 4.90 Å². The number of hydrogen-bond acceptors (Lipinski definition) is 2. The van der Waals surface area contributed by atoms with Crippen molar-refractivity contribution in [2.24, 2.45) is 0 Å². The largest absolute Gasteiger partial charge is 0.310 e. The van der Waals surface area contributed by atoms with Gasteiger partial charge in [-0.3, -0.25) is 0 Å². The molecule has 11 rings (SSSR count). The predicted octanol–water partition coefficient (Wildman–Crippen LogP) is 15.2. The quantitative estimate of drug-likeness (QED) is 0.157. The molecule has 0 amide bonds. The molecule has 0 atom stereocenters. The first-order chi connectivity index (χ1) is 28.3. The molecule has 1 aliphatic rings. The number of para-hydroxylation sites is 1. The fourth-order valence-corrected chi connectivity index (χ4v) is 10.3. The molecule has 268 valence electrons. The minimum Gasteiger partial charge on any atom is -0.310 e. The van der Waals surface area contributed by atoms with Crippen molar-refractivity contribution in [1.82, 2.24) is 0 Å². The van der Waals surface area contributed by atoms with Crippen LogP contribution in [0.15, 0.2) is 224 Å². The Labute approximate surface area is 337 Å². The highest BCUT2D eigenvalue weighted by Crippen LogP contribution is 2.56. The topological polar surface area (TPSA) is 3.24 Å². The van der Waals surface area contributed by atoms with Gasteiger partial charge in [-0.2, -0.15) is 0 Å². The molecule has 1 aromatic heterocycles. The summed E-state index contributed by atoms with van der Waals surface area (Å²) in [5, 5.41) is 2.55. The van der Waals surface area contributed by atoms with E-state index in [9.17, 15) is 0 Å². The molecule has 1 aliphatic carbocycles. The normalized spacial score (nSPS) is 12.7. The van der Waals surface area contributed by atoms with Crippen molar-refractivity contribution in [2.75, 3.05) is 4.90 Å².